The summed E-state index contributed by atoms with van der Waals surface area (Å²) in [5.74, 6) is 0.926. The quantitative estimate of drug-likeness (QED) is 0.818. The van der Waals surface area contributed by atoms with Gasteiger partial charge in [0.05, 0.1) is 6.04 Å². The predicted octanol–water partition coefficient (Wildman–Crippen LogP) is 4.91. The number of rotatable bonds is 5. The number of hydrogen-bond donors (Lipinski definition) is 1. The molecule has 5 heteroatoms. The smallest absolute Gasteiger partial charge is 0.410 e. The molecule has 0 radical (unpaired) electrons. The van der Waals surface area contributed by atoms with Gasteiger partial charge < -0.3 is 15.0 Å². The Balaban J connectivity index is 1.48. The maximum absolute atomic E-state index is 12.8. The van der Waals surface area contributed by atoms with Gasteiger partial charge in [-0.2, -0.15) is 0 Å². The Labute approximate surface area is 160 Å². The summed E-state index contributed by atoms with van der Waals surface area (Å²) in [6.45, 7) is 1.04. The van der Waals surface area contributed by atoms with Gasteiger partial charge in [-0.1, -0.05) is 36.4 Å². The van der Waals surface area contributed by atoms with Crippen LogP contribution in [0.1, 0.15) is 55.7 Å². The molecule has 1 aromatic carbocycles. The number of hydrogen-bond acceptors (Lipinski definition) is 4. The molecular weight excluding hydrogens is 338 g/mol. The first kappa shape index (κ1) is 17.8. The highest BCUT2D eigenvalue weighted by Gasteiger charge is 2.31. The van der Waals surface area contributed by atoms with Crippen molar-refractivity contribution in [3.63, 3.8) is 0 Å². The molecule has 142 valence electrons. The van der Waals surface area contributed by atoms with Crippen molar-refractivity contribution in [2.24, 2.45) is 0 Å². The zero-order chi connectivity index (χ0) is 18.5. The molecule has 1 saturated heterocycles. The summed E-state index contributed by atoms with van der Waals surface area (Å²) >= 11 is 0. The normalized spacial score (nSPS) is 20.0. The minimum absolute atomic E-state index is 0.0262. The van der Waals surface area contributed by atoms with E-state index in [9.17, 15) is 4.79 Å². The number of nitrogens with one attached hydrogen (secondary N) is 1. The maximum atomic E-state index is 12.8. The minimum atomic E-state index is -0.234. The van der Waals surface area contributed by atoms with Crippen molar-refractivity contribution < 1.29 is 9.53 Å². The standard InChI is InChI=1S/C22H27N3O2/c26-22(27-16-17-8-2-1-3-9-17)25-15-5-4-13-20(25)19-12-7-14-23-21(19)24-18-10-6-11-18/h1-3,7-9,12,14,18,20H,4-6,10-11,13,15-16H2,(H,23,24)/t20-/m0/s1. The van der Waals surface area contributed by atoms with Crippen molar-refractivity contribution in [3.8, 4) is 0 Å². The van der Waals surface area contributed by atoms with Crippen LogP contribution in [-0.2, 0) is 11.3 Å². The molecule has 1 N–H and O–H groups in total. The molecule has 5 nitrogen and oxygen atoms in total. The average Bonchev–Trinajstić information content (AvgIpc) is 2.70. The minimum Gasteiger partial charge on any atom is -0.445 e. The molecule has 1 aliphatic heterocycles. The lowest BCUT2D eigenvalue weighted by Crippen LogP contribution is -2.39. The van der Waals surface area contributed by atoms with E-state index >= 15 is 0 Å². The Kier molecular flexibility index (Phi) is 5.56. The number of ether oxygens (including phenoxy) is 1. The molecule has 1 aliphatic carbocycles. The van der Waals surface area contributed by atoms with Crippen LogP contribution in [0, 0.1) is 0 Å². The third kappa shape index (κ3) is 4.24. The zero-order valence-electron chi connectivity index (χ0n) is 15.6. The molecule has 0 unspecified atom stereocenters. The lowest BCUT2D eigenvalue weighted by Gasteiger charge is -2.36. The van der Waals surface area contributed by atoms with Gasteiger partial charge in [0.15, 0.2) is 0 Å². The van der Waals surface area contributed by atoms with Crippen LogP contribution in [0.25, 0.3) is 0 Å². The SMILES string of the molecule is O=C(OCc1ccccc1)N1CCCC[C@H]1c1cccnc1NC1CCC1. The van der Waals surface area contributed by atoms with Crippen molar-refractivity contribution in [2.45, 2.75) is 57.2 Å². The molecule has 1 atom stereocenters. The van der Waals surface area contributed by atoms with Gasteiger partial charge in [-0.15, -0.1) is 0 Å². The van der Waals surface area contributed by atoms with E-state index in [0.29, 0.717) is 12.6 Å². The van der Waals surface area contributed by atoms with E-state index in [1.807, 2.05) is 47.5 Å². The zero-order valence-corrected chi connectivity index (χ0v) is 15.6. The summed E-state index contributed by atoms with van der Waals surface area (Å²) < 4.78 is 5.62. The highest BCUT2D eigenvalue weighted by Crippen LogP contribution is 2.36. The van der Waals surface area contributed by atoms with E-state index in [-0.39, 0.29) is 12.1 Å². The van der Waals surface area contributed by atoms with Crippen LogP contribution in [0.15, 0.2) is 48.7 Å². The number of anilines is 1. The van der Waals surface area contributed by atoms with E-state index in [1.54, 1.807) is 0 Å². The van der Waals surface area contributed by atoms with Crippen LogP contribution in [0.3, 0.4) is 0 Å². The van der Waals surface area contributed by atoms with Gasteiger partial charge in [0.1, 0.15) is 12.4 Å². The van der Waals surface area contributed by atoms with Crippen molar-refractivity contribution >= 4 is 11.9 Å². The summed E-state index contributed by atoms with van der Waals surface area (Å²) in [5, 5.41) is 3.57. The molecule has 1 aromatic heterocycles. The van der Waals surface area contributed by atoms with E-state index in [2.05, 4.69) is 16.4 Å². The number of likely N-dealkylation sites (tertiary alicyclic amines) is 1. The van der Waals surface area contributed by atoms with Gasteiger partial charge >= 0.3 is 6.09 Å². The number of carbonyl (C=O) groups is 1. The second kappa shape index (κ2) is 8.42. The van der Waals surface area contributed by atoms with E-state index in [1.165, 1.54) is 19.3 Å². The first-order chi connectivity index (χ1) is 13.3. The fourth-order valence-electron chi connectivity index (χ4n) is 3.83. The number of piperidine rings is 1. The molecule has 2 heterocycles. The molecule has 1 saturated carbocycles. The number of nitrogens with zero attached hydrogens (tertiary/aromatic N) is 2. The first-order valence-electron chi connectivity index (χ1n) is 10.00. The molecule has 0 spiro atoms. The Morgan fingerprint density at radius 1 is 1.07 bits per heavy atom. The molecule has 0 bridgehead atoms. The fourth-order valence-corrected chi connectivity index (χ4v) is 3.83. The largest absolute Gasteiger partial charge is 0.445 e. The Morgan fingerprint density at radius 2 is 1.93 bits per heavy atom. The summed E-state index contributed by atoms with van der Waals surface area (Å²) in [5.41, 5.74) is 2.12. The highest BCUT2D eigenvalue weighted by molar-refractivity contribution is 5.69. The Bertz CT molecular complexity index is 761. The van der Waals surface area contributed by atoms with Crippen LogP contribution >= 0.6 is 0 Å². The number of amides is 1. The monoisotopic (exact) mass is 365 g/mol. The topological polar surface area (TPSA) is 54.5 Å². The van der Waals surface area contributed by atoms with Gasteiger partial charge in [0, 0.05) is 24.3 Å². The van der Waals surface area contributed by atoms with E-state index < -0.39 is 0 Å². The van der Waals surface area contributed by atoms with Gasteiger partial charge in [0.25, 0.3) is 0 Å². The number of carbonyl (C=O) groups excluding carboxylic acids is 1. The molecular formula is C22H27N3O2. The van der Waals surface area contributed by atoms with Crippen molar-refractivity contribution in [2.75, 3.05) is 11.9 Å². The van der Waals surface area contributed by atoms with Crippen LogP contribution < -0.4 is 5.32 Å². The number of aromatic nitrogens is 1. The highest BCUT2D eigenvalue weighted by atomic mass is 16.6. The first-order valence-corrected chi connectivity index (χ1v) is 10.00. The number of benzene rings is 1. The van der Waals surface area contributed by atoms with Gasteiger partial charge in [-0.3, -0.25) is 0 Å². The lowest BCUT2D eigenvalue weighted by molar-refractivity contribution is 0.0680. The van der Waals surface area contributed by atoms with Crippen molar-refractivity contribution in [3.05, 3.63) is 59.8 Å². The van der Waals surface area contributed by atoms with Crippen LogP contribution in [0.4, 0.5) is 10.6 Å². The fraction of sp³-hybridized carbons (Fsp3) is 0.455. The lowest BCUT2D eigenvalue weighted by atomic mass is 9.92. The summed E-state index contributed by atoms with van der Waals surface area (Å²) in [4.78, 5) is 19.3. The molecule has 2 aliphatic rings. The second-order valence-electron chi connectivity index (χ2n) is 7.46. The molecule has 4 rings (SSSR count). The molecule has 1 amide bonds. The van der Waals surface area contributed by atoms with Crippen LogP contribution in [0.2, 0.25) is 0 Å². The summed E-state index contributed by atoms with van der Waals surface area (Å²) in [7, 11) is 0. The van der Waals surface area contributed by atoms with E-state index in [0.717, 1.165) is 42.8 Å². The molecule has 2 aromatic rings. The third-order valence-corrected chi connectivity index (χ3v) is 5.59. The second-order valence-corrected chi connectivity index (χ2v) is 7.46. The van der Waals surface area contributed by atoms with Crippen molar-refractivity contribution in [1.82, 2.24) is 9.88 Å². The number of pyridine rings is 1. The average molecular weight is 365 g/mol. The van der Waals surface area contributed by atoms with Gasteiger partial charge in [0.2, 0.25) is 0 Å². The maximum Gasteiger partial charge on any atom is 0.410 e. The molecule has 2 fully saturated rings. The van der Waals surface area contributed by atoms with Crippen molar-refractivity contribution in [1.29, 1.82) is 0 Å². The van der Waals surface area contributed by atoms with Crippen LogP contribution in [-0.4, -0.2) is 28.6 Å². The third-order valence-electron chi connectivity index (χ3n) is 5.59. The summed E-state index contributed by atoms with van der Waals surface area (Å²) in [6.07, 6.45) is 8.35. The molecule has 27 heavy (non-hydrogen) atoms. The Hall–Kier alpha value is -2.56. The van der Waals surface area contributed by atoms with Gasteiger partial charge in [-0.25, -0.2) is 9.78 Å². The van der Waals surface area contributed by atoms with Crippen LogP contribution in [0.5, 0.6) is 0 Å². The predicted molar refractivity (Wildman–Crippen MR) is 105 cm³/mol. The van der Waals surface area contributed by atoms with Gasteiger partial charge in [-0.05, 0) is 50.2 Å². The summed E-state index contributed by atoms with van der Waals surface area (Å²) in [6, 6.07) is 14.4. The Morgan fingerprint density at radius 3 is 2.70 bits per heavy atom. The van der Waals surface area contributed by atoms with E-state index in [4.69, 9.17) is 4.74 Å².